The second-order valence-electron chi connectivity index (χ2n) is 6.85. The molecule has 1 aromatic rings. The van der Waals surface area contributed by atoms with E-state index in [0.29, 0.717) is 6.54 Å². The van der Waals surface area contributed by atoms with Crippen LogP contribution in [0.1, 0.15) is 31.2 Å². The molecule has 6 nitrogen and oxygen atoms in total. The van der Waals surface area contributed by atoms with Gasteiger partial charge in [0.05, 0.1) is 11.8 Å². The third-order valence-electron chi connectivity index (χ3n) is 4.47. The maximum atomic E-state index is 12.2. The van der Waals surface area contributed by atoms with Crippen molar-refractivity contribution in [2.45, 2.75) is 43.9 Å². The lowest BCUT2D eigenvalue weighted by molar-refractivity contribution is -0.117. The Balaban J connectivity index is 1.50. The van der Waals surface area contributed by atoms with E-state index < -0.39 is 10.0 Å². The molecule has 3 rings (SSSR count). The average Bonchev–Trinajstić information content (AvgIpc) is 3.32. The lowest BCUT2D eigenvalue weighted by atomic mass is 10.1. The lowest BCUT2D eigenvalue weighted by Gasteiger charge is -2.32. The summed E-state index contributed by atoms with van der Waals surface area (Å²) in [4.78, 5) is 14.2. The number of hydrogen-bond donors (Lipinski definition) is 2. The van der Waals surface area contributed by atoms with Gasteiger partial charge in [-0.05, 0) is 56.8 Å². The molecule has 0 radical (unpaired) electrons. The predicted octanol–water partition coefficient (Wildman–Crippen LogP) is 1.48. The number of benzene rings is 1. The maximum Gasteiger partial charge on any atom is 0.238 e. The van der Waals surface area contributed by atoms with Gasteiger partial charge in [0, 0.05) is 18.3 Å². The average molecular weight is 351 g/mol. The molecule has 2 fully saturated rings. The largest absolute Gasteiger partial charge is 0.325 e. The van der Waals surface area contributed by atoms with Crippen molar-refractivity contribution in [1.29, 1.82) is 0 Å². The number of piperidine rings is 1. The standard InChI is InChI=1S/C17H25N3O3S/c1-13-4-2-5-14(10-13)18-17(21)12-20-9-3-6-15(11-20)19-24(22,23)16-7-8-16/h2,4-5,10,15-16,19H,3,6-9,11-12H2,1H3,(H,18,21). The lowest BCUT2D eigenvalue weighted by Crippen LogP contribution is -2.50. The number of nitrogens with zero attached hydrogens (tertiary/aromatic N) is 1. The van der Waals surface area contributed by atoms with Gasteiger partial charge in [-0.3, -0.25) is 9.69 Å². The van der Waals surface area contributed by atoms with E-state index in [9.17, 15) is 13.2 Å². The normalized spacial score (nSPS) is 22.3. The molecule has 24 heavy (non-hydrogen) atoms. The maximum absolute atomic E-state index is 12.2. The Morgan fingerprint density at radius 3 is 2.79 bits per heavy atom. The first-order valence-corrected chi connectivity index (χ1v) is 10.1. The Bertz CT molecular complexity index is 701. The molecule has 1 saturated carbocycles. The van der Waals surface area contributed by atoms with Gasteiger partial charge in [0.1, 0.15) is 0 Å². The zero-order valence-corrected chi connectivity index (χ0v) is 14.8. The molecular formula is C17H25N3O3S. The molecule has 7 heteroatoms. The van der Waals surface area contributed by atoms with Gasteiger partial charge in [-0.2, -0.15) is 0 Å². The van der Waals surface area contributed by atoms with Gasteiger partial charge in [0.25, 0.3) is 0 Å². The number of likely N-dealkylation sites (tertiary alicyclic amines) is 1. The number of anilines is 1. The van der Waals surface area contributed by atoms with Crippen molar-refractivity contribution in [2.75, 3.05) is 25.0 Å². The molecule has 1 aliphatic heterocycles. The van der Waals surface area contributed by atoms with E-state index >= 15 is 0 Å². The minimum absolute atomic E-state index is 0.0636. The van der Waals surface area contributed by atoms with Gasteiger partial charge in [-0.25, -0.2) is 13.1 Å². The van der Waals surface area contributed by atoms with Gasteiger partial charge >= 0.3 is 0 Å². The van der Waals surface area contributed by atoms with Gasteiger partial charge < -0.3 is 5.32 Å². The first-order valence-electron chi connectivity index (χ1n) is 8.52. The fraction of sp³-hybridized carbons (Fsp3) is 0.588. The third kappa shape index (κ3) is 4.78. The number of nitrogens with one attached hydrogen (secondary N) is 2. The smallest absolute Gasteiger partial charge is 0.238 e. The van der Waals surface area contributed by atoms with Crippen molar-refractivity contribution in [3.8, 4) is 0 Å². The number of amides is 1. The van der Waals surface area contributed by atoms with E-state index in [1.54, 1.807) is 0 Å². The number of hydrogen-bond acceptors (Lipinski definition) is 4. The molecule has 1 aliphatic carbocycles. The van der Waals surface area contributed by atoms with Crippen LogP contribution in [0.2, 0.25) is 0 Å². The molecule has 1 aromatic carbocycles. The van der Waals surface area contributed by atoms with Gasteiger partial charge in [0.15, 0.2) is 0 Å². The quantitative estimate of drug-likeness (QED) is 0.814. The van der Waals surface area contributed by atoms with Gasteiger partial charge in [-0.1, -0.05) is 12.1 Å². The molecular weight excluding hydrogens is 326 g/mol. The van der Waals surface area contributed by atoms with Crippen LogP contribution in [0.5, 0.6) is 0 Å². The van der Waals surface area contributed by atoms with E-state index in [0.717, 1.165) is 43.5 Å². The highest BCUT2D eigenvalue weighted by Crippen LogP contribution is 2.28. The fourth-order valence-electron chi connectivity index (χ4n) is 3.13. The highest BCUT2D eigenvalue weighted by molar-refractivity contribution is 7.90. The van der Waals surface area contributed by atoms with Crippen LogP contribution in [0.4, 0.5) is 5.69 Å². The van der Waals surface area contributed by atoms with Crippen molar-refractivity contribution in [2.24, 2.45) is 0 Å². The van der Waals surface area contributed by atoms with Crippen molar-refractivity contribution in [3.63, 3.8) is 0 Å². The second-order valence-corrected chi connectivity index (χ2v) is 8.85. The van der Waals surface area contributed by atoms with Crippen molar-refractivity contribution >= 4 is 21.6 Å². The molecule has 132 valence electrons. The van der Waals surface area contributed by atoms with Crippen LogP contribution < -0.4 is 10.0 Å². The summed E-state index contributed by atoms with van der Waals surface area (Å²) in [7, 11) is -3.17. The minimum Gasteiger partial charge on any atom is -0.325 e. The monoisotopic (exact) mass is 351 g/mol. The van der Waals surface area contributed by atoms with Crippen LogP contribution in [0.15, 0.2) is 24.3 Å². The number of rotatable bonds is 6. The van der Waals surface area contributed by atoms with Crippen LogP contribution in [0.3, 0.4) is 0 Å². The first kappa shape index (κ1) is 17.4. The van der Waals surface area contributed by atoms with E-state index in [1.165, 1.54) is 0 Å². The summed E-state index contributed by atoms with van der Waals surface area (Å²) in [6, 6.07) is 7.61. The van der Waals surface area contributed by atoms with E-state index in [4.69, 9.17) is 0 Å². The summed E-state index contributed by atoms with van der Waals surface area (Å²) in [5, 5.41) is 2.71. The molecule has 1 amide bonds. The molecule has 2 N–H and O–H groups in total. The summed E-state index contributed by atoms with van der Waals surface area (Å²) in [6.45, 7) is 3.68. The predicted molar refractivity (Wildman–Crippen MR) is 94.3 cm³/mol. The summed E-state index contributed by atoms with van der Waals surface area (Å²) >= 11 is 0. The van der Waals surface area contributed by atoms with Crippen LogP contribution in [0.25, 0.3) is 0 Å². The highest BCUT2D eigenvalue weighted by Gasteiger charge is 2.37. The molecule has 2 aliphatic rings. The number of carbonyl (C=O) groups excluding carboxylic acids is 1. The SMILES string of the molecule is Cc1cccc(NC(=O)CN2CCCC(NS(=O)(=O)C3CC3)C2)c1. The summed E-state index contributed by atoms with van der Waals surface area (Å²) in [6.07, 6.45) is 3.27. The number of sulfonamides is 1. The van der Waals surface area contributed by atoms with Crippen LogP contribution in [-0.4, -0.2) is 50.2 Å². The Labute approximate surface area is 143 Å². The van der Waals surface area contributed by atoms with Crippen molar-refractivity contribution in [1.82, 2.24) is 9.62 Å². The third-order valence-corrected chi connectivity index (χ3v) is 6.48. The van der Waals surface area contributed by atoms with E-state index in [1.807, 2.05) is 36.1 Å². The van der Waals surface area contributed by atoms with Crippen LogP contribution in [0, 0.1) is 6.92 Å². The molecule has 1 atom stereocenters. The summed E-state index contributed by atoms with van der Waals surface area (Å²) < 4.78 is 26.9. The zero-order valence-electron chi connectivity index (χ0n) is 14.0. The summed E-state index contributed by atoms with van der Waals surface area (Å²) in [5.41, 5.74) is 1.89. The summed E-state index contributed by atoms with van der Waals surface area (Å²) in [5.74, 6) is -0.0636. The Morgan fingerprint density at radius 2 is 2.08 bits per heavy atom. The zero-order chi connectivity index (χ0) is 17.2. The molecule has 0 bridgehead atoms. The van der Waals surface area contributed by atoms with Crippen LogP contribution in [-0.2, 0) is 14.8 Å². The number of carbonyl (C=O) groups is 1. The molecule has 1 saturated heterocycles. The molecule has 0 spiro atoms. The number of aryl methyl sites for hydroxylation is 1. The Morgan fingerprint density at radius 1 is 1.29 bits per heavy atom. The Hall–Kier alpha value is -1.44. The van der Waals surface area contributed by atoms with Crippen molar-refractivity contribution in [3.05, 3.63) is 29.8 Å². The molecule has 1 unspecified atom stereocenters. The first-order chi connectivity index (χ1) is 11.4. The molecule has 0 aromatic heterocycles. The van der Waals surface area contributed by atoms with E-state index in [-0.39, 0.29) is 23.7 Å². The van der Waals surface area contributed by atoms with Crippen LogP contribution >= 0.6 is 0 Å². The van der Waals surface area contributed by atoms with Crippen molar-refractivity contribution < 1.29 is 13.2 Å². The highest BCUT2D eigenvalue weighted by atomic mass is 32.2. The Kier molecular flexibility index (Phi) is 5.22. The minimum atomic E-state index is -3.17. The second kappa shape index (κ2) is 7.21. The van der Waals surface area contributed by atoms with Gasteiger partial charge in [-0.15, -0.1) is 0 Å². The topological polar surface area (TPSA) is 78.5 Å². The molecule has 1 heterocycles. The van der Waals surface area contributed by atoms with E-state index in [2.05, 4.69) is 10.0 Å². The van der Waals surface area contributed by atoms with Gasteiger partial charge in [0.2, 0.25) is 15.9 Å². The fourth-order valence-corrected chi connectivity index (χ4v) is 4.73.